The molecule has 5 nitrogen and oxygen atoms in total. The molecule has 3 rings (SSSR count). The van der Waals surface area contributed by atoms with Crippen LogP contribution >= 0.6 is 0 Å². The number of aryl methyl sites for hydroxylation is 1. The molecule has 0 fully saturated rings. The molecule has 3 N–H and O–H groups in total. The molecule has 0 spiro atoms. The summed E-state index contributed by atoms with van der Waals surface area (Å²) in [5.41, 5.74) is 8.90. The van der Waals surface area contributed by atoms with Gasteiger partial charge in [-0.15, -0.1) is 5.16 Å². The smallest absolute Gasteiger partial charge is 0.220 e. The molecule has 0 saturated carbocycles. The predicted molar refractivity (Wildman–Crippen MR) is 81.7 cm³/mol. The van der Waals surface area contributed by atoms with Gasteiger partial charge in [-0.25, -0.2) is 14.4 Å². The highest BCUT2D eigenvalue weighted by Crippen LogP contribution is 2.40. The molecule has 0 aliphatic heterocycles. The number of nitrogens with zero attached hydrogens (tertiary/aromatic N) is 3. The van der Waals surface area contributed by atoms with Gasteiger partial charge in [0.1, 0.15) is 5.82 Å². The van der Waals surface area contributed by atoms with Gasteiger partial charge < -0.3 is 10.9 Å². The maximum atomic E-state index is 14.1. The summed E-state index contributed by atoms with van der Waals surface area (Å²) < 4.78 is 14.1. The molecule has 6 heteroatoms. The average Bonchev–Trinajstić information content (AvgIpc) is 2.47. The first kappa shape index (κ1) is 14.4. The predicted octanol–water partition coefficient (Wildman–Crippen LogP) is 2.78. The van der Waals surface area contributed by atoms with Gasteiger partial charge in [-0.3, -0.25) is 0 Å². The minimum Gasteiger partial charge on any atom is -0.411 e. The first-order valence-corrected chi connectivity index (χ1v) is 7.15. The number of nitrogens with two attached hydrogens (primary N) is 1. The van der Waals surface area contributed by atoms with E-state index in [9.17, 15) is 4.39 Å². The Bertz CT molecular complexity index is 732. The van der Waals surface area contributed by atoms with E-state index < -0.39 is 0 Å². The molecule has 0 amide bonds. The topological polar surface area (TPSA) is 84.4 Å². The van der Waals surface area contributed by atoms with Crippen molar-refractivity contribution in [1.29, 1.82) is 0 Å². The maximum absolute atomic E-state index is 14.1. The van der Waals surface area contributed by atoms with Crippen LogP contribution in [0.3, 0.4) is 0 Å². The summed E-state index contributed by atoms with van der Waals surface area (Å²) in [6.45, 7) is 1.86. The quantitative estimate of drug-likeness (QED) is 0.507. The van der Waals surface area contributed by atoms with Gasteiger partial charge in [0, 0.05) is 17.2 Å². The zero-order chi connectivity index (χ0) is 15.7. The van der Waals surface area contributed by atoms with Crippen LogP contribution in [0, 0.1) is 12.7 Å². The van der Waals surface area contributed by atoms with Crippen LogP contribution in [0.25, 0.3) is 0 Å². The van der Waals surface area contributed by atoms with E-state index in [4.69, 9.17) is 10.9 Å². The number of anilines is 1. The fraction of sp³-hybridized carbons (Fsp3) is 0.312. The van der Waals surface area contributed by atoms with Gasteiger partial charge in [0.15, 0.2) is 0 Å². The lowest BCUT2D eigenvalue weighted by Crippen LogP contribution is -2.23. The lowest BCUT2D eigenvalue weighted by molar-refractivity contribution is 0.318. The molecule has 22 heavy (non-hydrogen) atoms. The Morgan fingerprint density at radius 1 is 1.36 bits per heavy atom. The lowest BCUT2D eigenvalue weighted by atomic mass is 9.76. The number of halogens is 1. The largest absolute Gasteiger partial charge is 0.411 e. The summed E-state index contributed by atoms with van der Waals surface area (Å²) >= 11 is 0. The van der Waals surface area contributed by atoms with Gasteiger partial charge in [0.05, 0.1) is 11.9 Å². The third-order valence-corrected chi connectivity index (χ3v) is 4.17. The fourth-order valence-electron chi connectivity index (χ4n) is 3.30. The van der Waals surface area contributed by atoms with Crippen LogP contribution in [-0.2, 0) is 6.42 Å². The second-order valence-corrected chi connectivity index (χ2v) is 5.56. The number of benzene rings is 1. The van der Waals surface area contributed by atoms with E-state index in [1.165, 1.54) is 12.3 Å². The van der Waals surface area contributed by atoms with E-state index >= 15 is 0 Å². The Morgan fingerprint density at radius 2 is 2.14 bits per heavy atom. The summed E-state index contributed by atoms with van der Waals surface area (Å²) in [4.78, 5) is 8.50. The second kappa shape index (κ2) is 5.71. The van der Waals surface area contributed by atoms with Crippen molar-refractivity contribution in [3.63, 3.8) is 0 Å². The number of fused-ring (bicyclic) bond motifs is 1. The SMILES string of the molecule is Cc1nc(N)nc2c1C(C=NO)CC(c1ccccc1F)C2. The van der Waals surface area contributed by atoms with Crippen molar-refractivity contribution in [3.8, 4) is 0 Å². The molecule has 2 unspecified atom stereocenters. The molecule has 0 bridgehead atoms. The highest BCUT2D eigenvalue weighted by molar-refractivity contribution is 5.69. The zero-order valence-corrected chi connectivity index (χ0v) is 12.2. The zero-order valence-electron chi connectivity index (χ0n) is 12.2. The van der Waals surface area contributed by atoms with Crippen molar-refractivity contribution in [2.24, 2.45) is 5.16 Å². The highest BCUT2D eigenvalue weighted by atomic mass is 19.1. The number of hydrogen-bond donors (Lipinski definition) is 2. The van der Waals surface area contributed by atoms with Gasteiger partial charge in [-0.05, 0) is 37.3 Å². The van der Waals surface area contributed by atoms with E-state index in [1.54, 1.807) is 12.1 Å². The fourth-order valence-corrected chi connectivity index (χ4v) is 3.30. The van der Waals surface area contributed by atoms with Gasteiger partial charge in [0.2, 0.25) is 5.95 Å². The molecule has 0 radical (unpaired) electrons. The molecule has 114 valence electrons. The number of oxime groups is 1. The second-order valence-electron chi connectivity index (χ2n) is 5.56. The molecule has 2 aromatic rings. The van der Waals surface area contributed by atoms with Crippen LogP contribution in [0.2, 0.25) is 0 Å². The minimum absolute atomic E-state index is 0.0367. The molecule has 1 heterocycles. The first-order valence-electron chi connectivity index (χ1n) is 7.15. The van der Waals surface area contributed by atoms with Crippen LogP contribution in [0.4, 0.5) is 10.3 Å². The summed E-state index contributed by atoms with van der Waals surface area (Å²) in [5, 5.41) is 12.1. The van der Waals surface area contributed by atoms with Crippen molar-refractivity contribution in [2.45, 2.75) is 31.6 Å². The third-order valence-electron chi connectivity index (χ3n) is 4.17. The number of rotatable bonds is 2. The van der Waals surface area contributed by atoms with E-state index in [1.807, 2.05) is 13.0 Å². The Balaban J connectivity index is 2.07. The minimum atomic E-state index is -0.227. The summed E-state index contributed by atoms with van der Waals surface area (Å²) in [6.07, 6.45) is 2.70. The van der Waals surface area contributed by atoms with Gasteiger partial charge in [-0.2, -0.15) is 0 Å². The monoisotopic (exact) mass is 300 g/mol. The van der Waals surface area contributed by atoms with Crippen molar-refractivity contribution in [3.05, 3.63) is 52.6 Å². The molecule has 0 saturated heterocycles. The van der Waals surface area contributed by atoms with Crippen LogP contribution in [-0.4, -0.2) is 21.4 Å². The van der Waals surface area contributed by atoms with Gasteiger partial charge in [-0.1, -0.05) is 18.2 Å². The van der Waals surface area contributed by atoms with Crippen LogP contribution < -0.4 is 5.73 Å². The maximum Gasteiger partial charge on any atom is 0.220 e. The summed E-state index contributed by atoms with van der Waals surface area (Å²) in [6, 6.07) is 6.74. The molecule has 1 aliphatic rings. The average molecular weight is 300 g/mol. The van der Waals surface area contributed by atoms with Gasteiger partial charge >= 0.3 is 0 Å². The van der Waals surface area contributed by atoms with E-state index in [0.717, 1.165) is 17.0 Å². The molecule has 1 aromatic heterocycles. The third kappa shape index (κ3) is 2.52. The first-order chi connectivity index (χ1) is 10.6. The highest BCUT2D eigenvalue weighted by Gasteiger charge is 2.31. The lowest BCUT2D eigenvalue weighted by Gasteiger charge is -2.30. The normalized spacial score (nSPS) is 21.0. The number of nitrogen functional groups attached to an aromatic ring is 1. The summed E-state index contributed by atoms with van der Waals surface area (Å²) in [5.74, 6) is -0.205. The number of aromatic nitrogens is 2. The Kier molecular flexibility index (Phi) is 3.75. The van der Waals surface area contributed by atoms with Gasteiger partial charge in [0.25, 0.3) is 0 Å². The Labute approximate surface area is 127 Å². The van der Waals surface area contributed by atoms with Crippen molar-refractivity contribution in [2.75, 3.05) is 5.73 Å². The van der Waals surface area contributed by atoms with Crippen molar-refractivity contribution < 1.29 is 9.60 Å². The summed E-state index contributed by atoms with van der Waals surface area (Å²) in [7, 11) is 0. The molecular formula is C16H17FN4O. The van der Waals surface area contributed by atoms with Crippen LogP contribution in [0.15, 0.2) is 29.4 Å². The number of hydrogen-bond acceptors (Lipinski definition) is 5. The Hall–Kier alpha value is -2.50. The van der Waals surface area contributed by atoms with Crippen molar-refractivity contribution in [1.82, 2.24) is 9.97 Å². The van der Waals surface area contributed by atoms with Crippen molar-refractivity contribution >= 4 is 12.2 Å². The van der Waals surface area contributed by atoms with Crippen LogP contribution in [0.5, 0.6) is 0 Å². The molecule has 1 aromatic carbocycles. The Morgan fingerprint density at radius 3 is 2.86 bits per heavy atom. The van der Waals surface area contributed by atoms with E-state index in [0.29, 0.717) is 18.4 Å². The van der Waals surface area contributed by atoms with E-state index in [-0.39, 0.29) is 23.6 Å². The molecule has 1 aliphatic carbocycles. The standard InChI is InChI=1S/C16H17FN4O/c1-9-15-11(8-19-22)6-10(7-14(15)21-16(18)20-9)12-4-2-3-5-13(12)17/h2-5,8,10-11,22H,6-7H2,1H3,(H2,18,20,21). The van der Waals surface area contributed by atoms with Crippen LogP contribution in [0.1, 0.15) is 40.8 Å². The molecular weight excluding hydrogens is 283 g/mol. The van der Waals surface area contributed by atoms with E-state index in [2.05, 4.69) is 15.1 Å². The molecule has 2 atom stereocenters.